The molecule has 0 spiro atoms. The summed E-state index contributed by atoms with van der Waals surface area (Å²) in [7, 11) is 0. The number of anilines is 1. The predicted octanol–water partition coefficient (Wildman–Crippen LogP) is 5.67. The van der Waals surface area contributed by atoms with E-state index in [4.69, 9.17) is 0 Å². The van der Waals surface area contributed by atoms with Crippen LogP contribution in [0.1, 0.15) is 56.7 Å². The van der Waals surface area contributed by atoms with Crippen LogP contribution in [0, 0.1) is 5.92 Å². The van der Waals surface area contributed by atoms with Gasteiger partial charge in [0.25, 0.3) is 0 Å². The highest BCUT2D eigenvalue weighted by atomic mass is 32.1. The van der Waals surface area contributed by atoms with Gasteiger partial charge in [-0.25, -0.2) is 4.98 Å². The van der Waals surface area contributed by atoms with Gasteiger partial charge >= 0.3 is 0 Å². The minimum absolute atomic E-state index is 0.108. The molecule has 1 saturated carbocycles. The van der Waals surface area contributed by atoms with Crippen molar-refractivity contribution in [1.82, 2.24) is 4.98 Å². The number of amides is 1. The lowest BCUT2D eigenvalue weighted by Crippen LogP contribution is -2.14. The Hall–Kier alpha value is -1.68. The molecule has 0 saturated heterocycles. The number of carbonyl (C=O) groups excluding carboxylic acids is 1. The summed E-state index contributed by atoms with van der Waals surface area (Å²) in [5.74, 6) is 0.850. The zero-order chi connectivity index (χ0) is 16.8. The van der Waals surface area contributed by atoms with Crippen LogP contribution < -0.4 is 5.32 Å². The molecule has 1 amide bonds. The highest BCUT2D eigenvalue weighted by Crippen LogP contribution is 2.32. The standard InChI is InChI=1S/C20H26N2OS/c1-2-17-19(16-11-7-4-8-12-16)22-20(24-17)21-18(23)14-13-15-9-5-3-6-10-15/h4,7-8,11-12,15H,2-3,5-6,9-10,13-14H2,1H3,(H,21,22,23). The van der Waals surface area contributed by atoms with Gasteiger partial charge in [-0.2, -0.15) is 0 Å². The fourth-order valence-corrected chi connectivity index (χ4v) is 4.40. The van der Waals surface area contributed by atoms with Crippen molar-refractivity contribution in [2.45, 2.75) is 58.3 Å². The van der Waals surface area contributed by atoms with Crippen LogP contribution in [0.5, 0.6) is 0 Å². The van der Waals surface area contributed by atoms with Gasteiger partial charge in [-0.3, -0.25) is 4.79 Å². The van der Waals surface area contributed by atoms with Gasteiger partial charge in [0.15, 0.2) is 5.13 Å². The molecule has 1 aliphatic carbocycles. The molecule has 0 unspecified atom stereocenters. The molecule has 1 heterocycles. The SMILES string of the molecule is CCc1sc(NC(=O)CCC2CCCCC2)nc1-c1ccccc1. The Bertz CT molecular complexity index is 660. The fourth-order valence-electron chi connectivity index (χ4n) is 3.46. The lowest BCUT2D eigenvalue weighted by Gasteiger charge is -2.20. The van der Waals surface area contributed by atoms with Crippen molar-refractivity contribution in [3.05, 3.63) is 35.2 Å². The number of hydrogen-bond donors (Lipinski definition) is 1. The Morgan fingerprint density at radius 2 is 1.96 bits per heavy atom. The molecule has 3 nitrogen and oxygen atoms in total. The Morgan fingerprint density at radius 3 is 2.67 bits per heavy atom. The maximum Gasteiger partial charge on any atom is 0.226 e. The number of hydrogen-bond acceptors (Lipinski definition) is 3. The molecule has 1 fully saturated rings. The number of thiazole rings is 1. The van der Waals surface area contributed by atoms with E-state index in [-0.39, 0.29) is 5.91 Å². The monoisotopic (exact) mass is 342 g/mol. The van der Waals surface area contributed by atoms with Gasteiger partial charge < -0.3 is 5.32 Å². The number of aryl methyl sites for hydroxylation is 1. The van der Waals surface area contributed by atoms with Crippen molar-refractivity contribution in [3.8, 4) is 11.3 Å². The average molecular weight is 343 g/mol. The zero-order valence-electron chi connectivity index (χ0n) is 14.4. The first kappa shape index (κ1) is 17.2. The second kappa shape index (κ2) is 8.43. The summed E-state index contributed by atoms with van der Waals surface area (Å²) in [6, 6.07) is 10.2. The van der Waals surface area contributed by atoms with E-state index in [0.29, 0.717) is 6.42 Å². The van der Waals surface area contributed by atoms with Gasteiger partial charge in [0.1, 0.15) is 0 Å². The maximum atomic E-state index is 12.3. The largest absolute Gasteiger partial charge is 0.302 e. The third-order valence-electron chi connectivity index (χ3n) is 4.82. The van der Waals surface area contributed by atoms with E-state index in [2.05, 4.69) is 29.4 Å². The number of nitrogens with zero attached hydrogens (tertiary/aromatic N) is 1. The number of nitrogens with one attached hydrogen (secondary N) is 1. The van der Waals surface area contributed by atoms with E-state index in [1.165, 1.54) is 37.0 Å². The number of aromatic nitrogens is 1. The molecule has 4 heteroatoms. The molecule has 24 heavy (non-hydrogen) atoms. The first-order chi connectivity index (χ1) is 11.8. The molecule has 3 rings (SSSR count). The van der Waals surface area contributed by atoms with Crippen LogP contribution in [0.2, 0.25) is 0 Å². The average Bonchev–Trinajstić information content (AvgIpc) is 3.04. The van der Waals surface area contributed by atoms with Crippen LogP contribution in [0.4, 0.5) is 5.13 Å². The minimum Gasteiger partial charge on any atom is -0.302 e. The molecule has 2 aromatic rings. The second-order valence-corrected chi connectivity index (χ2v) is 7.68. The van der Waals surface area contributed by atoms with E-state index >= 15 is 0 Å². The van der Waals surface area contributed by atoms with Crippen molar-refractivity contribution >= 4 is 22.4 Å². The van der Waals surface area contributed by atoms with Gasteiger partial charge in [0, 0.05) is 16.9 Å². The molecule has 0 bridgehead atoms. The number of carbonyl (C=O) groups is 1. The quantitative estimate of drug-likeness (QED) is 0.734. The van der Waals surface area contributed by atoms with Gasteiger partial charge in [-0.15, -0.1) is 11.3 Å². The molecular weight excluding hydrogens is 316 g/mol. The topological polar surface area (TPSA) is 42.0 Å². The molecule has 1 aromatic carbocycles. The second-order valence-electron chi connectivity index (χ2n) is 6.60. The summed E-state index contributed by atoms with van der Waals surface area (Å²) in [6.07, 6.45) is 9.18. The Balaban J connectivity index is 1.60. The normalized spacial score (nSPS) is 15.4. The van der Waals surface area contributed by atoms with E-state index in [1.807, 2.05) is 18.2 Å². The summed E-state index contributed by atoms with van der Waals surface area (Å²) in [4.78, 5) is 18.2. The molecule has 0 atom stereocenters. The predicted molar refractivity (Wildman–Crippen MR) is 101 cm³/mol. The fraction of sp³-hybridized carbons (Fsp3) is 0.500. The van der Waals surface area contributed by atoms with Gasteiger partial charge in [-0.05, 0) is 18.8 Å². The smallest absolute Gasteiger partial charge is 0.226 e. The van der Waals surface area contributed by atoms with Crippen molar-refractivity contribution < 1.29 is 4.79 Å². The molecule has 1 aromatic heterocycles. The van der Waals surface area contributed by atoms with Crippen LogP contribution in [0.25, 0.3) is 11.3 Å². The van der Waals surface area contributed by atoms with Crippen molar-refractivity contribution in [2.24, 2.45) is 5.92 Å². The molecule has 0 radical (unpaired) electrons. The Kier molecular flexibility index (Phi) is 6.02. The summed E-state index contributed by atoms with van der Waals surface area (Å²) < 4.78 is 0. The maximum absolute atomic E-state index is 12.3. The van der Waals surface area contributed by atoms with Gasteiger partial charge in [-0.1, -0.05) is 69.4 Å². The van der Waals surface area contributed by atoms with Crippen LogP contribution in [0.3, 0.4) is 0 Å². The highest BCUT2D eigenvalue weighted by molar-refractivity contribution is 7.16. The van der Waals surface area contributed by atoms with Gasteiger partial charge in [0.2, 0.25) is 5.91 Å². The van der Waals surface area contributed by atoms with E-state index in [1.54, 1.807) is 11.3 Å². The van der Waals surface area contributed by atoms with E-state index < -0.39 is 0 Å². The molecule has 1 aliphatic rings. The lowest BCUT2D eigenvalue weighted by molar-refractivity contribution is -0.116. The Morgan fingerprint density at radius 1 is 1.21 bits per heavy atom. The van der Waals surface area contributed by atoms with Crippen LogP contribution in [0.15, 0.2) is 30.3 Å². The van der Waals surface area contributed by atoms with E-state index in [9.17, 15) is 4.79 Å². The van der Waals surface area contributed by atoms with Crippen LogP contribution in [-0.2, 0) is 11.2 Å². The summed E-state index contributed by atoms with van der Waals surface area (Å²) in [6.45, 7) is 2.13. The van der Waals surface area contributed by atoms with E-state index in [0.717, 1.165) is 35.1 Å². The molecule has 1 N–H and O–H groups in total. The summed E-state index contributed by atoms with van der Waals surface area (Å²) in [5.41, 5.74) is 2.12. The van der Waals surface area contributed by atoms with Gasteiger partial charge in [0.05, 0.1) is 5.69 Å². The molecular formula is C20H26N2OS. The Labute approximate surface area is 148 Å². The zero-order valence-corrected chi connectivity index (χ0v) is 15.2. The minimum atomic E-state index is 0.108. The lowest BCUT2D eigenvalue weighted by atomic mass is 9.86. The summed E-state index contributed by atoms with van der Waals surface area (Å²) >= 11 is 1.60. The first-order valence-corrected chi connectivity index (χ1v) is 9.93. The molecule has 128 valence electrons. The third-order valence-corrected chi connectivity index (χ3v) is 5.93. The van der Waals surface area contributed by atoms with Crippen LogP contribution >= 0.6 is 11.3 Å². The number of rotatable bonds is 6. The van der Waals surface area contributed by atoms with Crippen molar-refractivity contribution in [2.75, 3.05) is 5.32 Å². The first-order valence-electron chi connectivity index (χ1n) is 9.11. The third kappa shape index (κ3) is 4.44. The summed E-state index contributed by atoms with van der Waals surface area (Å²) in [5, 5.41) is 3.75. The number of benzene rings is 1. The van der Waals surface area contributed by atoms with Crippen LogP contribution in [-0.4, -0.2) is 10.9 Å². The molecule has 0 aliphatic heterocycles. The van der Waals surface area contributed by atoms with Crippen molar-refractivity contribution in [1.29, 1.82) is 0 Å². The highest BCUT2D eigenvalue weighted by Gasteiger charge is 2.17. The van der Waals surface area contributed by atoms with Crippen molar-refractivity contribution in [3.63, 3.8) is 0 Å².